The monoisotopic (exact) mass is 441 g/mol. The number of halogens is 3. The van der Waals surface area contributed by atoms with E-state index in [1.165, 1.54) is 6.07 Å². The lowest BCUT2D eigenvalue weighted by atomic mass is 10.2. The molecule has 0 spiro atoms. The molecule has 2 aromatic rings. The van der Waals surface area contributed by atoms with E-state index in [1.54, 1.807) is 18.2 Å². The number of carbonyl (C=O) groups excluding carboxylic acids is 2. The third-order valence-electron chi connectivity index (χ3n) is 3.33. The Morgan fingerprint density at radius 3 is 2.41 bits per heavy atom. The topological polar surface area (TPSA) is 79.5 Å². The van der Waals surface area contributed by atoms with E-state index in [0.717, 1.165) is 16.6 Å². The summed E-state index contributed by atoms with van der Waals surface area (Å²) < 4.78 is 31.8. The molecule has 0 aliphatic rings. The van der Waals surface area contributed by atoms with Gasteiger partial charge in [0.05, 0.1) is 6.54 Å². The van der Waals surface area contributed by atoms with Crippen LogP contribution < -0.4 is 20.7 Å². The van der Waals surface area contributed by atoms with Crippen molar-refractivity contribution in [3.8, 4) is 5.75 Å². The number of carbonyl (C=O) groups is 2. The van der Waals surface area contributed by atoms with Crippen molar-refractivity contribution in [1.82, 2.24) is 16.0 Å². The van der Waals surface area contributed by atoms with Crippen molar-refractivity contribution in [2.24, 2.45) is 0 Å². The molecule has 0 fully saturated rings. The average Bonchev–Trinajstić information content (AvgIpc) is 2.65. The largest absolute Gasteiger partial charge is 0.492 e. The van der Waals surface area contributed by atoms with Crippen LogP contribution in [0.4, 0.5) is 13.6 Å². The number of rotatable bonds is 8. The molecule has 9 heteroatoms. The van der Waals surface area contributed by atoms with E-state index in [2.05, 4.69) is 31.9 Å². The molecular weight excluding hydrogens is 424 g/mol. The molecule has 0 bridgehead atoms. The molecule has 0 radical (unpaired) electrons. The number of urea groups is 1. The van der Waals surface area contributed by atoms with Gasteiger partial charge >= 0.3 is 6.03 Å². The number of ether oxygens (including phenoxy) is 1. The van der Waals surface area contributed by atoms with Crippen LogP contribution in [0.3, 0.4) is 0 Å². The maximum atomic E-state index is 13.0. The van der Waals surface area contributed by atoms with E-state index in [4.69, 9.17) is 4.74 Å². The fourth-order valence-electron chi connectivity index (χ4n) is 2.05. The van der Waals surface area contributed by atoms with Gasteiger partial charge in [-0.15, -0.1) is 0 Å². The van der Waals surface area contributed by atoms with Gasteiger partial charge in [0.2, 0.25) is 0 Å². The first-order chi connectivity index (χ1) is 13.0. The highest BCUT2D eigenvalue weighted by Gasteiger charge is 2.06. The molecule has 2 aromatic carbocycles. The lowest BCUT2D eigenvalue weighted by Crippen LogP contribution is -2.41. The normalized spacial score (nSPS) is 10.2. The summed E-state index contributed by atoms with van der Waals surface area (Å²) in [5.74, 6) is -2.01. The summed E-state index contributed by atoms with van der Waals surface area (Å²) in [6, 6.07) is 9.73. The summed E-state index contributed by atoms with van der Waals surface area (Å²) in [6.07, 6.45) is 0. The molecular formula is C18H18BrF2N3O3. The Balaban J connectivity index is 1.57. The second-order valence-corrected chi connectivity index (χ2v) is 6.29. The number of benzene rings is 2. The Kier molecular flexibility index (Phi) is 8.00. The van der Waals surface area contributed by atoms with Crippen LogP contribution in [0.1, 0.15) is 10.4 Å². The van der Waals surface area contributed by atoms with Crippen LogP contribution in [0.25, 0.3) is 0 Å². The standard InChI is InChI=1S/C18H18BrF2N3O3/c19-13-3-1-2-12(10-13)17(25)22-6-7-23-18(26)24-8-9-27-14-4-5-15(20)16(21)11-14/h1-5,10-11H,6-9H2,(H,22,25)(H2,23,24,26). The van der Waals surface area contributed by atoms with Crippen LogP contribution in [-0.2, 0) is 0 Å². The maximum absolute atomic E-state index is 13.0. The number of amides is 3. The van der Waals surface area contributed by atoms with Gasteiger partial charge in [-0.25, -0.2) is 13.6 Å². The summed E-state index contributed by atoms with van der Waals surface area (Å²) in [5.41, 5.74) is 0.517. The molecule has 0 unspecified atom stereocenters. The highest BCUT2D eigenvalue weighted by Crippen LogP contribution is 2.15. The molecule has 0 saturated carbocycles. The van der Waals surface area contributed by atoms with Gasteiger partial charge in [0.25, 0.3) is 5.91 Å². The molecule has 0 aromatic heterocycles. The van der Waals surface area contributed by atoms with Crippen LogP contribution in [0.2, 0.25) is 0 Å². The maximum Gasteiger partial charge on any atom is 0.314 e. The Morgan fingerprint density at radius 1 is 0.926 bits per heavy atom. The van der Waals surface area contributed by atoms with Gasteiger partial charge < -0.3 is 20.7 Å². The van der Waals surface area contributed by atoms with Gasteiger partial charge in [-0.1, -0.05) is 22.0 Å². The molecule has 0 heterocycles. The molecule has 0 saturated heterocycles. The molecule has 3 N–H and O–H groups in total. The second kappa shape index (κ2) is 10.5. The molecule has 0 aliphatic heterocycles. The fourth-order valence-corrected chi connectivity index (χ4v) is 2.45. The molecule has 3 amide bonds. The van der Waals surface area contributed by atoms with E-state index in [-0.39, 0.29) is 37.9 Å². The van der Waals surface area contributed by atoms with Crippen molar-refractivity contribution in [1.29, 1.82) is 0 Å². The van der Waals surface area contributed by atoms with E-state index in [1.807, 2.05) is 6.07 Å². The zero-order chi connectivity index (χ0) is 19.6. The summed E-state index contributed by atoms with van der Waals surface area (Å²) in [4.78, 5) is 23.5. The Bertz CT molecular complexity index is 805. The number of hydrogen-bond acceptors (Lipinski definition) is 3. The Morgan fingerprint density at radius 2 is 1.67 bits per heavy atom. The lowest BCUT2D eigenvalue weighted by Gasteiger charge is -2.10. The third kappa shape index (κ3) is 7.22. The zero-order valence-electron chi connectivity index (χ0n) is 14.2. The van der Waals surface area contributed by atoms with Gasteiger partial charge in [0.1, 0.15) is 12.4 Å². The molecule has 6 nitrogen and oxygen atoms in total. The molecule has 144 valence electrons. The fraction of sp³-hybridized carbons (Fsp3) is 0.222. The smallest absolute Gasteiger partial charge is 0.314 e. The molecule has 0 aliphatic carbocycles. The quantitative estimate of drug-likeness (QED) is 0.551. The van der Waals surface area contributed by atoms with E-state index in [0.29, 0.717) is 5.56 Å². The van der Waals surface area contributed by atoms with Crippen LogP contribution in [0.15, 0.2) is 46.9 Å². The van der Waals surface area contributed by atoms with E-state index >= 15 is 0 Å². The van der Waals surface area contributed by atoms with Crippen molar-refractivity contribution in [2.75, 3.05) is 26.2 Å². The van der Waals surface area contributed by atoms with E-state index in [9.17, 15) is 18.4 Å². The predicted molar refractivity (Wildman–Crippen MR) is 99.7 cm³/mol. The van der Waals surface area contributed by atoms with Gasteiger partial charge in [-0.3, -0.25) is 4.79 Å². The van der Waals surface area contributed by atoms with Crippen LogP contribution in [0, 0.1) is 11.6 Å². The van der Waals surface area contributed by atoms with Crippen molar-refractivity contribution >= 4 is 27.9 Å². The first-order valence-corrected chi connectivity index (χ1v) is 8.88. The predicted octanol–water partition coefficient (Wildman–Crippen LogP) is 2.84. The van der Waals surface area contributed by atoms with Gasteiger partial charge in [-0.05, 0) is 30.3 Å². The Hall–Kier alpha value is -2.68. The molecule has 27 heavy (non-hydrogen) atoms. The van der Waals surface area contributed by atoms with Crippen LogP contribution >= 0.6 is 15.9 Å². The Labute approximate surface area is 163 Å². The number of hydrogen-bond donors (Lipinski definition) is 3. The third-order valence-corrected chi connectivity index (χ3v) is 3.82. The van der Waals surface area contributed by atoms with Crippen molar-refractivity contribution < 1.29 is 23.1 Å². The molecule has 2 rings (SSSR count). The highest BCUT2D eigenvalue weighted by atomic mass is 79.9. The zero-order valence-corrected chi connectivity index (χ0v) is 15.8. The van der Waals surface area contributed by atoms with Crippen LogP contribution in [-0.4, -0.2) is 38.2 Å². The minimum absolute atomic E-state index is 0.0954. The second-order valence-electron chi connectivity index (χ2n) is 5.37. The van der Waals surface area contributed by atoms with Crippen molar-refractivity contribution in [3.05, 3.63) is 64.1 Å². The van der Waals surface area contributed by atoms with Crippen molar-refractivity contribution in [2.45, 2.75) is 0 Å². The van der Waals surface area contributed by atoms with Gasteiger partial charge in [0, 0.05) is 29.2 Å². The summed E-state index contributed by atoms with van der Waals surface area (Å²) in [7, 11) is 0. The first-order valence-electron chi connectivity index (χ1n) is 8.09. The molecule has 0 atom stereocenters. The minimum atomic E-state index is -0.997. The average molecular weight is 442 g/mol. The first kappa shape index (κ1) is 20.6. The number of nitrogens with one attached hydrogen (secondary N) is 3. The minimum Gasteiger partial charge on any atom is -0.492 e. The lowest BCUT2D eigenvalue weighted by molar-refractivity contribution is 0.0953. The highest BCUT2D eigenvalue weighted by molar-refractivity contribution is 9.10. The van der Waals surface area contributed by atoms with E-state index < -0.39 is 17.7 Å². The van der Waals surface area contributed by atoms with Crippen molar-refractivity contribution in [3.63, 3.8) is 0 Å². The van der Waals surface area contributed by atoms with Gasteiger partial charge in [0.15, 0.2) is 11.6 Å². The SMILES string of the molecule is O=C(NCCNC(=O)c1cccc(Br)c1)NCCOc1ccc(F)c(F)c1. The van der Waals surface area contributed by atoms with Crippen LogP contribution in [0.5, 0.6) is 5.75 Å². The van der Waals surface area contributed by atoms with Gasteiger partial charge in [-0.2, -0.15) is 0 Å². The summed E-state index contributed by atoms with van der Waals surface area (Å²) in [5, 5.41) is 7.81. The summed E-state index contributed by atoms with van der Waals surface area (Å²) >= 11 is 3.29. The summed E-state index contributed by atoms with van der Waals surface area (Å²) in [6.45, 7) is 0.785.